The summed E-state index contributed by atoms with van der Waals surface area (Å²) in [5.74, 6) is 0.697. The minimum absolute atomic E-state index is 0.101. The molecule has 5 heteroatoms. The highest BCUT2D eigenvalue weighted by Gasteiger charge is 2.38. The van der Waals surface area contributed by atoms with Crippen LogP contribution in [0.25, 0.3) is 0 Å². The van der Waals surface area contributed by atoms with Crippen LogP contribution < -0.4 is 0 Å². The Morgan fingerprint density at radius 2 is 2.00 bits per heavy atom. The summed E-state index contributed by atoms with van der Waals surface area (Å²) in [5, 5.41) is 0. The second kappa shape index (κ2) is 2.38. The molecule has 0 aromatic rings. The quantitative estimate of drug-likeness (QED) is 0.490. The van der Waals surface area contributed by atoms with E-state index < -0.39 is 6.30 Å². The lowest BCUT2D eigenvalue weighted by atomic mass is 10.7. The molecule has 0 atom stereocenters. The van der Waals surface area contributed by atoms with Crippen LogP contribution in [0.2, 0.25) is 0 Å². The Hall–Kier alpha value is 0.100. The molecule has 0 aromatic carbocycles. The zero-order chi connectivity index (χ0) is 6.91. The topological polar surface area (TPSA) is 3.24 Å². The average molecular weight is 157 g/mol. The third-order valence-electron chi connectivity index (χ3n) is 1.11. The Balaban J connectivity index is 2.42. The largest absolute Gasteiger partial charge is 0.460 e. The molecule has 9 heavy (non-hydrogen) atoms. The van der Waals surface area contributed by atoms with E-state index in [9.17, 15) is 13.2 Å². The van der Waals surface area contributed by atoms with Crippen molar-refractivity contribution >= 4 is 11.8 Å². The summed E-state index contributed by atoms with van der Waals surface area (Å²) in [5.41, 5.74) is 0. The molecule has 0 aliphatic carbocycles. The lowest BCUT2D eigenvalue weighted by Gasteiger charge is -2.16. The van der Waals surface area contributed by atoms with Crippen molar-refractivity contribution in [3.8, 4) is 0 Å². The number of alkyl halides is 3. The molecular weight excluding hydrogens is 151 g/mol. The van der Waals surface area contributed by atoms with Gasteiger partial charge in [0.15, 0.2) is 0 Å². The van der Waals surface area contributed by atoms with Crippen LogP contribution in [0.5, 0.6) is 0 Å². The fraction of sp³-hybridized carbons (Fsp3) is 1.00. The standard InChI is InChI=1S/C4H6F3NS/c5-4(6,7)8-1-2-9-3-8/h1-3H2. The van der Waals surface area contributed by atoms with Gasteiger partial charge < -0.3 is 0 Å². The van der Waals surface area contributed by atoms with Crippen molar-refractivity contribution in [1.82, 2.24) is 4.90 Å². The van der Waals surface area contributed by atoms with Gasteiger partial charge in [0.25, 0.3) is 0 Å². The van der Waals surface area contributed by atoms with Crippen LogP contribution in [-0.4, -0.2) is 29.4 Å². The van der Waals surface area contributed by atoms with E-state index in [1.165, 1.54) is 11.8 Å². The fourth-order valence-corrected chi connectivity index (χ4v) is 1.59. The van der Waals surface area contributed by atoms with Crippen molar-refractivity contribution in [3.63, 3.8) is 0 Å². The number of thioether (sulfide) groups is 1. The van der Waals surface area contributed by atoms with Crippen LogP contribution in [0.15, 0.2) is 0 Å². The lowest BCUT2D eigenvalue weighted by Crippen LogP contribution is -2.35. The Kier molecular flexibility index (Phi) is 1.91. The summed E-state index contributed by atoms with van der Waals surface area (Å²) in [4.78, 5) is 0.512. The van der Waals surface area contributed by atoms with Crippen molar-refractivity contribution < 1.29 is 13.2 Å². The first kappa shape index (κ1) is 7.21. The van der Waals surface area contributed by atoms with Gasteiger partial charge in [-0.05, 0) is 0 Å². The SMILES string of the molecule is FC(F)(F)N1CCSC1. The highest BCUT2D eigenvalue weighted by Crippen LogP contribution is 2.27. The van der Waals surface area contributed by atoms with Crippen molar-refractivity contribution in [1.29, 1.82) is 0 Å². The van der Waals surface area contributed by atoms with Crippen molar-refractivity contribution in [3.05, 3.63) is 0 Å². The molecule has 54 valence electrons. The smallest absolute Gasteiger partial charge is 0.204 e. The maximum atomic E-state index is 11.7. The monoisotopic (exact) mass is 157 g/mol. The van der Waals surface area contributed by atoms with Crippen LogP contribution >= 0.6 is 11.8 Å². The maximum absolute atomic E-state index is 11.7. The Labute approximate surface area is 55.2 Å². The van der Waals surface area contributed by atoms with Crippen molar-refractivity contribution in [2.24, 2.45) is 0 Å². The normalized spacial score (nSPS) is 23.0. The van der Waals surface area contributed by atoms with Crippen LogP contribution in [0, 0.1) is 0 Å². The first-order chi connectivity index (χ1) is 4.11. The Bertz CT molecular complexity index is 96.5. The molecule has 1 rings (SSSR count). The zero-order valence-corrected chi connectivity index (χ0v) is 5.43. The molecule has 0 unspecified atom stereocenters. The zero-order valence-electron chi connectivity index (χ0n) is 4.61. The number of hydrogen-bond acceptors (Lipinski definition) is 2. The van der Waals surface area contributed by atoms with E-state index in [2.05, 4.69) is 0 Å². The second-order valence-electron chi connectivity index (χ2n) is 1.77. The van der Waals surface area contributed by atoms with Crippen LogP contribution in [0.4, 0.5) is 13.2 Å². The van der Waals surface area contributed by atoms with Gasteiger partial charge in [0.2, 0.25) is 0 Å². The molecule has 1 fully saturated rings. The van der Waals surface area contributed by atoms with E-state index in [1.54, 1.807) is 0 Å². The molecule has 0 spiro atoms. The fourth-order valence-electron chi connectivity index (χ4n) is 0.614. The van der Waals surface area contributed by atoms with Gasteiger partial charge in [0.1, 0.15) is 0 Å². The Morgan fingerprint density at radius 3 is 2.22 bits per heavy atom. The van der Waals surface area contributed by atoms with Gasteiger partial charge in [-0.25, -0.2) is 4.90 Å². The summed E-state index contributed by atoms with van der Waals surface area (Å²) in [6, 6.07) is 0. The van der Waals surface area contributed by atoms with Gasteiger partial charge in [-0.3, -0.25) is 0 Å². The van der Waals surface area contributed by atoms with Gasteiger partial charge in [-0.15, -0.1) is 11.8 Å². The molecule has 0 N–H and O–H groups in total. The highest BCUT2D eigenvalue weighted by atomic mass is 32.2. The van der Waals surface area contributed by atoms with E-state index >= 15 is 0 Å². The average Bonchev–Trinajstić information content (AvgIpc) is 2.08. The number of rotatable bonds is 0. The van der Waals surface area contributed by atoms with Crippen LogP contribution in [0.3, 0.4) is 0 Å². The molecule has 0 aromatic heterocycles. The van der Waals surface area contributed by atoms with E-state index in [0.717, 1.165) is 0 Å². The maximum Gasteiger partial charge on any atom is 0.460 e. The lowest BCUT2D eigenvalue weighted by molar-refractivity contribution is -0.235. The summed E-state index contributed by atoms with van der Waals surface area (Å²) in [7, 11) is 0. The van der Waals surface area contributed by atoms with Gasteiger partial charge in [-0.2, -0.15) is 13.2 Å². The first-order valence-corrected chi connectivity index (χ1v) is 3.66. The van der Waals surface area contributed by atoms with Crippen molar-refractivity contribution in [2.75, 3.05) is 18.2 Å². The summed E-state index contributed by atoms with van der Waals surface area (Å²) >= 11 is 1.31. The number of halogens is 3. The molecule has 0 radical (unpaired) electrons. The number of hydrogen-bond donors (Lipinski definition) is 0. The predicted molar refractivity (Wildman–Crippen MR) is 30.1 cm³/mol. The predicted octanol–water partition coefficient (Wildman–Crippen LogP) is 1.51. The van der Waals surface area contributed by atoms with Crippen LogP contribution in [0.1, 0.15) is 0 Å². The highest BCUT2D eigenvalue weighted by molar-refractivity contribution is 7.99. The van der Waals surface area contributed by atoms with Gasteiger partial charge in [-0.1, -0.05) is 0 Å². The summed E-state index contributed by atoms with van der Waals surface area (Å²) < 4.78 is 35.0. The molecule has 1 aliphatic rings. The molecule has 1 heterocycles. The van der Waals surface area contributed by atoms with E-state index in [-0.39, 0.29) is 12.4 Å². The third kappa shape index (κ3) is 1.76. The van der Waals surface area contributed by atoms with E-state index in [4.69, 9.17) is 0 Å². The van der Waals surface area contributed by atoms with Crippen LogP contribution in [-0.2, 0) is 0 Å². The Morgan fingerprint density at radius 1 is 1.33 bits per heavy atom. The third-order valence-corrected chi connectivity index (χ3v) is 2.08. The molecule has 1 nitrogen and oxygen atoms in total. The molecule has 1 aliphatic heterocycles. The molecule has 0 amide bonds. The number of nitrogens with zero attached hydrogens (tertiary/aromatic N) is 1. The summed E-state index contributed by atoms with van der Waals surface area (Å²) in [6.07, 6.45) is -4.11. The van der Waals surface area contributed by atoms with Gasteiger partial charge in [0, 0.05) is 12.3 Å². The second-order valence-corrected chi connectivity index (χ2v) is 2.84. The first-order valence-electron chi connectivity index (χ1n) is 2.50. The molecule has 1 saturated heterocycles. The van der Waals surface area contributed by atoms with E-state index in [1.807, 2.05) is 0 Å². The summed E-state index contributed by atoms with van der Waals surface area (Å²) in [6.45, 7) is 0.147. The van der Waals surface area contributed by atoms with Crippen molar-refractivity contribution in [2.45, 2.75) is 6.30 Å². The van der Waals surface area contributed by atoms with E-state index in [0.29, 0.717) is 10.7 Å². The minimum Gasteiger partial charge on any atom is -0.204 e. The molecule has 0 bridgehead atoms. The van der Waals surface area contributed by atoms with Gasteiger partial charge >= 0.3 is 6.30 Å². The molecular formula is C4H6F3NS. The molecule has 0 saturated carbocycles. The van der Waals surface area contributed by atoms with Gasteiger partial charge in [0.05, 0.1) is 5.88 Å². The minimum atomic E-state index is -4.11.